The molecule has 3 rings (SSSR count). The van der Waals surface area contributed by atoms with E-state index in [1.54, 1.807) is 12.1 Å². The number of benzene rings is 2. The molecule has 0 aromatic heterocycles. The Hall–Kier alpha value is -2.47. The van der Waals surface area contributed by atoms with Crippen LogP contribution in [-0.2, 0) is 4.74 Å². The van der Waals surface area contributed by atoms with Gasteiger partial charge in [-0.2, -0.15) is 0 Å². The van der Waals surface area contributed by atoms with Gasteiger partial charge in [0.1, 0.15) is 11.4 Å². The summed E-state index contributed by atoms with van der Waals surface area (Å²) >= 11 is 5.76. The minimum absolute atomic E-state index is 0.0214. The zero-order chi connectivity index (χ0) is 16.6. The summed E-state index contributed by atoms with van der Waals surface area (Å²) in [7, 11) is 2.94. The fraction of sp³-hybridized carbons (Fsp3) is 0.188. The van der Waals surface area contributed by atoms with Gasteiger partial charge in [0.15, 0.2) is 11.5 Å². The molecule has 23 heavy (non-hydrogen) atoms. The number of rotatable bonds is 4. The van der Waals surface area contributed by atoms with Crippen molar-refractivity contribution in [1.82, 2.24) is 0 Å². The number of cyclic esters (lactones) is 1. The van der Waals surface area contributed by atoms with E-state index in [4.69, 9.17) is 25.8 Å². The Labute approximate surface area is 136 Å². The Morgan fingerprint density at radius 1 is 1.22 bits per heavy atom. The largest absolute Gasteiger partial charge is 0.493 e. The van der Waals surface area contributed by atoms with E-state index in [0.717, 1.165) is 0 Å². The second-order valence-corrected chi connectivity index (χ2v) is 5.23. The van der Waals surface area contributed by atoms with Gasteiger partial charge in [0.05, 0.1) is 19.2 Å². The summed E-state index contributed by atoms with van der Waals surface area (Å²) in [6.45, 7) is 0. The summed E-state index contributed by atoms with van der Waals surface area (Å²) < 4.78 is 29.0. The molecule has 0 aliphatic carbocycles. The number of esters is 1. The van der Waals surface area contributed by atoms with Gasteiger partial charge < -0.3 is 19.5 Å². The monoisotopic (exact) mass is 337 g/mol. The predicted octanol–water partition coefficient (Wildman–Crippen LogP) is 3.78. The van der Waals surface area contributed by atoms with Gasteiger partial charge in [0.25, 0.3) is 0 Å². The van der Waals surface area contributed by atoms with Crippen molar-refractivity contribution in [3.63, 3.8) is 0 Å². The quantitative estimate of drug-likeness (QED) is 0.860. The van der Waals surface area contributed by atoms with E-state index in [-0.39, 0.29) is 5.02 Å². The van der Waals surface area contributed by atoms with E-state index in [1.807, 2.05) is 0 Å². The first-order valence-electron chi connectivity index (χ1n) is 6.72. The van der Waals surface area contributed by atoms with Crippen LogP contribution < -0.4 is 14.8 Å². The van der Waals surface area contributed by atoms with Gasteiger partial charge in [0, 0.05) is 11.3 Å². The van der Waals surface area contributed by atoms with Crippen molar-refractivity contribution in [3.8, 4) is 11.5 Å². The number of anilines is 1. The highest BCUT2D eigenvalue weighted by molar-refractivity contribution is 6.31. The van der Waals surface area contributed by atoms with Gasteiger partial charge in [-0.3, -0.25) is 0 Å². The topological polar surface area (TPSA) is 56.8 Å². The van der Waals surface area contributed by atoms with Crippen molar-refractivity contribution >= 4 is 23.3 Å². The van der Waals surface area contributed by atoms with Crippen molar-refractivity contribution in [1.29, 1.82) is 0 Å². The van der Waals surface area contributed by atoms with Gasteiger partial charge in [0.2, 0.25) is 6.23 Å². The molecule has 7 heteroatoms. The minimum atomic E-state index is -0.723. The number of carbonyl (C=O) groups is 1. The molecule has 0 fully saturated rings. The maximum Gasteiger partial charge on any atom is 0.344 e. The maximum atomic E-state index is 13.2. The zero-order valence-corrected chi connectivity index (χ0v) is 13.1. The van der Waals surface area contributed by atoms with Crippen LogP contribution in [0.25, 0.3) is 0 Å². The number of carbonyl (C=O) groups excluding carboxylic acids is 1. The molecular formula is C16H13ClFNO4. The highest BCUT2D eigenvalue weighted by Gasteiger charge is 2.35. The number of fused-ring (bicyclic) bond motifs is 1. The molecular weight excluding hydrogens is 325 g/mol. The Morgan fingerprint density at radius 2 is 2.00 bits per heavy atom. The lowest BCUT2D eigenvalue weighted by Crippen LogP contribution is -2.10. The van der Waals surface area contributed by atoms with E-state index < -0.39 is 18.0 Å². The van der Waals surface area contributed by atoms with E-state index in [2.05, 4.69) is 5.32 Å². The molecule has 0 spiro atoms. The second-order valence-electron chi connectivity index (χ2n) is 4.82. The number of halogens is 2. The van der Waals surface area contributed by atoms with Crippen LogP contribution in [0.3, 0.4) is 0 Å². The molecule has 1 aliphatic rings. The summed E-state index contributed by atoms with van der Waals surface area (Å²) in [5, 5.41) is 2.97. The Bertz CT molecular complexity index is 781. The standard InChI is InChI=1S/C16H13ClFNO4/c1-21-12-6-4-9-13(14(12)22-2)16(20)23-15(9)19-8-3-5-11(18)10(17)7-8/h3-7,15,19H,1-2H3/t15-/m1/s1. The van der Waals surface area contributed by atoms with Crippen molar-refractivity contribution in [3.05, 3.63) is 52.3 Å². The summed E-state index contributed by atoms with van der Waals surface area (Å²) in [6, 6.07) is 7.56. The molecule has 0 bridgehead atoms. The third-order valence-electron chi connectivity index (χ3n) is 3.51. The van der Waals surface area contributed by atoms with Crippen LogP contribution in [0, 0.1) is 5.82 Å². The molecule has 1 N–H and O–H groups in total. The van der Waals surface area contributed by atoms with Crippen LogP contribution in [0.1, 0.15) is 22.1 Å². The summed E-state index contributed by atoms with van der Waals surface area (Å²) in [5.41, 5.74) is 1.43. The van der Waals surface area contributed by atoms with E-state index in [0.29, 0.717) is 28.3 Å². The fourth-order valence-electron chi connectivity index (χ4n) is 2.45. The first kappa shape index (κ1) is 15.4. The van der Waals surface area contributed by atoms with Crippen molar-refractivity contribution in [2.45, 2.75) is 6.23 Å². The number of nitrogens with one attached hydrogen (secondary N) is 1. The molecule has 1 aliphatic heterocycles. The van der Waals surface area contributed by atoms with Gasteiger partial charge in [-0.05, 0) is 30.3 Å². The van der Waals surface area contributed by atoms with Gasteiger partial charge in [-0.25, -0.2) is 9.18 Å². The number of methoxy groups -OCH3 is 2. The summed E-state index contributed by atoms with van der Waals surface area (Å²) in [5.74, 6) is -0.293. The fourth-order valence-corrected chi connectivity index (χ4v) is 2.63. The number of hydrogen-bond donors (Lipinski definition) is 1. The molecule has 5 nitrogen and oxygen atoms in total. The van der Waals surface area contributed by atoms with Gasteiger partial charge in [-0.1, -0.05) is 11.6 Å². The number of ether oxygens (including phenoxy) is 3. The third-order valence-corrected chi connectivity index (χ3v) is 3.80. The van der Waals surface area contributed by atoms with Crippen LogP contribution in [0.2, 0.25) is 5.02 Å². The minimum Gasteiger partial charge on any atom is -0.493 e. The van der Waals surface area contributed by atoms with Crippen LogP contribution in [0.4, 0.5) is 10.1 Å². The Morgan fingerprint density at radius 3 is 2.65 bits per heavy atom. The lowest BCUT2D eigenvalue weighted by Gasteiger charge is -2.15. The van der Waals surface area contributed by atoms with Crippen molar-refractivity contribution < 1.29 is 23.4 Å². The molecule has 2 aromatic carbocycles. The molecule has 1 atom stereocenters. The molecule has 120 valence electrons. The first-order chi connectivity index (χ1) is 11.0. The van der Waals surface area contributed by atoms with Crippen molar-refractivity contribution in [2.75, 3.05) is 19.5 Å². The average Bonchev–Trinajstić information content (AvgIpc) is 2.86. The van der Waals surface area contributed by atoms with E-state index in [1.165, 1.54) is 32.4 Å². The van der Waals surface area contributed by atoms with E-state index >= 15 is 0 Å². The lowest BCUT2D eigenvalue weighted by molar-refractivity contribution is 0.0435. The third kappa shape index (κ3) is 2.66. The zero-order valence-electron chi connectivity index (χ0n) is 12.4. The van der Waals surface area contributed by atoms with Crippen molar-refractivity contribution in [2.24, 2.45) is 0 Å². The highest BCUT2D eigenvalue weighted by atomic mass is 35.5. The molecule has 1 heterocycles. The van der Waals surface area contributed by atoms with Crippen LogP contribution in [0.15, 0.2) is 30.3 Å². The van der Waals surface area contributed by atoms with Gasteiger partial charge in [-0.15, -0.1) is 0 Å². The molecule has 2 aromatic rings. The van der Waals surface area contributed by atoms with Crippen LogP contribution in [-0.4, -0.2) is 20.2 Å². The lowest BCUT2D eigenvalue weighted by atomic mass is 10.1. The molecule has 0 amide bonds. The average molecular weight is 338 g/mol. The predicted molar refractivity (Wildman–Crippen MR) is 82.7 cm³/mol. The SMILES string of the molecule is COc1ccc2c(c1OC)C(=O)O[C@H]2Nc1ccc(F)c(Cl)c1. The van der Waals surface area contributed by atoms with Crippen LogP contribution in [0.5, 0.6) is 11.5 Å². The smallest absolute Gasteiger partial charge is 0.344 e. The van der Waals surface area contributed by atoms with Gasteiger partial charge >= 0.3 is 5.97 Å². The Kier molecular flexibility index (Phi) is 4.00. The van der Waals surface area contributed by atoms with Crippen LogP contribution >= 0.6 is 11.6 Å². The molecule has 0 saturated carbocycles. The Balaban J connectivity index is 1.97. The second kappa shape index (κ2) is 5.96. The first-order valence-corrected chi connectivity index (χ1v) is 7.10. The summed E-state index contributed by atoms with van der Waals surface area (Å²) in [6.07, 6.45) is -0.723. The number of hydrogen-bond acceptors (Lipinski definition) is 5. The molecule has 0 saturated heterocycles. The molecule has 0 radical (unpaired) electrons. The maximum absolute atomic E-state index is 13.2. The highest BCUT2D eigenvalue weighted by Crippen LogP contribution is 2.42. The summed E-state index contributed by atoms with van der Waals surface area (Å²) in [4.78, 5) is 12.2. The normalized spacial score (nSPS) is 15.8. The molecule has 0 unspecified atom stereocenters. The van der Waals surface area contributed by atoms with E-state index in [9.17, 15) is 9.18 Å².